The second-order valence-corrected chi connectivity index (χ2v) is 7.15. The lowest BCUT2D eigenvalue weighted by molar-refractivity contribution is 0.102. The highest BCUT2D eigenvalue weighted by atomic mass is 79.9. The SMILES string of the molecule is O=C(Nc1cccc(Br)c1)c1ccc(NC2CCCCCC2)nc1. The highest BCUT2D eigenvalue weighted by Gasteiger charge is 2.13. The quantitative estimate of drug-likeness (QED) is 0.705. The summed E-state index contributed by atoms with van der Waals surface area (Å²) >= 11 is 3.40. The first kappa shape index (κ1) is 17.0. The van der Waals surface area contributed by atoms with Crippen molar-refractivity contribution in [3.05, 3.63) is 52.6 Å². The van der Waals surface area contributed by atoms with Gasteiger partial charge < -0.3 is 10.6 Å². The van der Waals surface area contributed by atoms with Crippen molar-refractivity contribution in [1.29, 1.82) is 0 Å². The molecule has 2 aromatic rings. The van der Waals surface area contributed by atoms with Crippen molar-refractivity contribution in [3.8, 4) is 0 Å². The fourth-order valence-corrected chi connectivity index (χ4v) is 3.42. The zero-order chi connectivity index (χ0) is 16.8. The lowest BCUT2D eigenvalue weighted by Gasteiger charge is -2.16. The zero-order valence-electron chi connectivity index (χ0n) is 13.6. The number of carbonyl (C=O) groups is 1. The molecule has 1 aliphatic carbocycles. The largest absolute Gasteiger partial charge is 0.367 e. The zero-order valence-corrected chi connectivity index (χ0v) is 15.2. The number of benzene rings is 1. The van der Waals surface area contributed by atoms with Crippen LogP contribution >= 0.6 is 15.9 Å². The number of halogens is 1. The van der Waals surface area contributed by atoms with Gasteiger partial charge in [0, 0.05) is 22.4 Å². The lowest BCUT2D eigenvalue weighted by Crippen LogP contribution is -2.19. The minimum Gasteiger partial charge on any atom is -0.367 e. The van der Waals surface area contributed by atoms with E-state index < -0.39 is 0 Å². The molecule has 5 heteroatoms. The first-order valence-corrected chi connectivity index (χ1v) is 9.29. The Bertz CT molecular complexity index is 679. The Labute approximate surface area is 151 Å². The summed E-state index contributed by atoms with van der Waals surface area (Å²) in [4.78, 5) is 16.7. The average Bonchev–Trinajstić information content (AvgIpc) is 2.84. The number of hydrogen-bond donors (Lipinski definition) is 2. The van der Waals surface area contributed by atoms with Gasteiger partial charge in [-0.3, -0.25) is 4.79 Å². The van der Waals surface area contributed by atoms with E-state index in [-0.39, 0.29) is 5.91 Å². The van der Waals surface area contributed by atoms with Gasteiger partial charge in [0.15, 0.2) is 0 Å². The summed E-state index contributed by atoms with van der Waals surface area (Å²) in [5, 5.41) is 6.37. The molecule has 0 spiro atoms. The fourth-order valence-electron chi connectivity index (χ4n) is 3.02. The molecule has 3 rings (SSSR count). The van der Waals surface area contributed by atoms with Gasteiger partial charge in [0.05, 0.1) is 5.56 Å². The topological polar surface area (TPSA) is 54.0 Å². The predicted molar refractivity (Wildman–Crippen MR) is 101 cm³/mol. The Kier molecular flexibility index (Phi) is 5.86. The van der Waals surface area contributed by atoms with Crippen molar-refractivity contribution in [2.24, 2.45) is 0 Å². The number of hydrogen-bond acceptors (Lipinski definition) is 3. The van der Waals surface area contributed by atoms with Crippen LogP contribution in [0.5, 0.6) is 0 Å². The van der Waals surface area contributed by atoms with E-state index in [1.165, 1.54) is 38.5 Å². The Morgan fingerprint density at radius 2 is 1.88 bits per heavy atom. The highest BCUT2D eigenvalue weighted by Crippen LogP contribution is 2.21. The third kappa shape index (κ3) is 4.81. The number of nitrogens with zero attached hydrogens (tertiary/aromatic N) is 1. The number of anilines is 2. The van der Waals surface area contributed by atoms with E-state index in [0.717, 1.165) is 16.0 Å². The van der Waals surface area contributed by atoms with Crippen LogP contribution in [0.4, 0.5) is 11.5 Å². The average molecular weight is 388 g/mol. The van der Waals surface area contributed by atoms with E-state index in [1.807, 2.05) is 36.4 Å². The summed E-state index contributed by atoms with van der Waals surface area (Å²) in [6, 6.07) is 11.7. The molecule has 0 bridgehead atoms. The summed E-state index contributed by atoms with van der Waals surface area (Å²) in [7, 11) is 0. The molecule has 24 heavy (non-hydrogen) atoms. The molecule has 2 N–H and O–H groups in total. The van der Waals surface area contributed by atoms with Crippen LogP contribution in [0.15, 0.2) is 47.1 Å². The molecule has 1 saturated carbocycles. The van der Waals surface area contributed by atoms with Crippen LogP contribution in [-0.2, 0) is 0 Å². The maximum absolute atomic E-state index is 12.3. The standard InChI is InChI=1S/C19H22BrN3O/c20-15-6-5-9-17(12-15)23-19(24)14-10-11-18(21-13-14)22-16-7-3-1-2-4-8-16/h5-6,9-13,16H,1-4,7-8H2,(H,21,22)(H,23,24). The van der Waals surface area contributed by atoms with Crippen molar-refractivity contribution in [3.63, 3.8) is 0 Å². The minimum absolute atomic E-state index is 0.151. The van der Waals surface area contributed by atoms with Crippen LogP contribution in [0, 0.1) is 0 Å². The molecule has 1 amide bonds. The van der Waals surface area contributed by atoms with Gasteiger partial charge in [0.2, 0.25) is 0 Å². The third-order valence-electron chi connectivity index (χ3n) is 4.32. The van der Waals surface area contributed by atoms with E-state index in [9.17, 15) is 4.79 Å². The predicted octanol–water partition coefficient (Wildman–Crippen LogP) is 5.23. The second kappa shape index (κ2) is 8.29. The molecule has 1 aliphatic rings. The van der Waals surface area contributed by atoms with Crippen molar-refractivity contribution < 1.29 is 4.79 Å². The molecule has 0 atom stereocenters. The number of aromatic nitrogens is 1. The van der Waals surface area contributed by atoms with E-state index >= 15 is 0 Å². The molecule has 1 aromatic carbocycles. The molecule has 126 valence electrons. The molecule has 1 fully saturated rings. The van der Waals surface area contributed by atoms with Crippen LogP contribution < -0.4 is 10.6 Å². The van der Waals surface area contributed by atoms with Gasteiger partial charge in [0.1, 0.15) is 5.82 Å². The fraction of sp³-hybridized carbons (Fsp3) is 0.368. The first-order chi connectivity index (χ1) is 11.7. The van der Waals surface area contributed by atoms with Gasteiger partial charge in [-0.2, -0.15) is 0 Å². The van der Waals surface area contributed by atoms with E-state index in [2.05, 4.69) is 31.5 Å². The summed E-state index contributed by atoms with van der Waals surface area (Å²) in [6.07, 6.45) is 9.27. The molecule has 1 heterocycles. The van der Waals surface area contributed by atoms with Gasteiger partial charge in [-0.25, -0.2) is 4.98 Å². The Morgan fingerprint density at radius 1 is 1.08 bits per heavy atom. The monoisotopic (exact) mass is 387 g/mol. The Balaban J connectivity index is 1.60. The first-order valence-electron chi connectivity index (χ1n) is 8.50. The molecule has 0 aliphatic heterocycles. The third-order valence-corrected chi connectivity index (χ3v) is 4.81. The molecule has 1 aromatic heterocycles. The van der Waals surface area contributed by atoms with Crippen molar-refractivity contribution in [2.45, 2.75) is 44.6 Å². The lowest BCUT2D eigenvalue weighted by atomic mass is 10.1. The normalized spacial score (nSPS) is 15.5. The summed E-state index contributed by atoms with van der Waals surface area (Å²) in [6.45, 7) is 0. The van der Waals surface area contributed by atoms with Gasteiger partial charge >= 0.3 is 0 Å². The molecule has 0 radical (unpaired) electrons. The van der Waals surface area contributed by atoms with Crippen molar-refractivity contribution >= 4 is 33.3 Å². The number of amides is 1. The maximum atomic E-state index is 12.3. The van der Waals surface area contributed by atoms with Crippen molar-refractivity contribution in [2.75, 3.05) is 10.6 Å². The van der Waals surface area contributed by atoms with E-state index in [4.69, 9.17) is 0 Å². The van der Waals surface area contributed by atoms with Crippen LogP contribution in [0.3, 0.4) is 0 Å². The molecule has 4 nitrogen and oxygen atoms in total. The highest BCUT2D eigenvalue weighted by molar-refractivity contribution is 9.10. The van der Waals surface area contributed by atoms with Crippen molar-refractivity contribution in [1.82, 2.24) is 4.98 Å². The van der Waals surface area contributed by atoms with Crippen LogP contribution in [0.25, 0.3) is 0 Å². The molecular weight excluding hydrogens is 366 g/mol. The summed E-state index contributed by atoms with van der Waals surface area (Å²) in [5.74, 6) is 0.697. The maximum Gasteiger partial charge on any atom is 0.257 e. The smallest absolute Gasteiger partial charge is 0.257 e. The van der Waals surface area contributed by atoms with Gasteiger partial charge in [0.25, 0.3) is 5.91 Å². The van der Waals surface area contributed by atoms with Gasteiger partial charge in [-0.05, 0) is 43.2 Å². The number of rotatable bonds is 4. The number of nitrogens with one attached hydrogen (secondary N) is 2. The van der Waals surface area contributed by atoms with Crippen LogP contribution in [0.1, 0.15) is 48.9 Å². The summed E-state index contributed by atoms with van der Waals surface area (Å²) < 4.78 is 0.932. The van der Waals surface area contributed by atoms with Crippen LogP contribution in [0.2, 0.25) is 0 Å². The Morgan fingerprint density at radius 3 is 2.54 bits per heavy atom. The Hall–Kier alpha value is -1.88. The molecular formula is C19H22BrN3O. The van der Waals surface area contributed by atoms with Gasteiger partial charge in [-0.15, -0.1) is 0 Å². The van der Waals surface area contributed by atoms with E-state index in [1.54, 1.807) is 6.20 Å². The van der Waals surface area contributed by atoms with Gasteiger partial charge in [-0.1, -0.05) is 47.7 Å². The second-order valence-electron chi connectivity index (χ2n) is 6.23. The number of pyridine rings is 1. The van der Waals surface area contributed by atoms with E-state index in [0.29, 0.717) is 11.6 Å². The molecule has 0 saturated heterocycles. The molecule has 0 unspecified atom stereocenters. The van der Waals surface area contributed by atoms with Crippen LogP contribution in [-0.4, -0.2) is 16.9 Å². The number of carbonyl (C=O) groups excluding carboxylic acids is 1. The minimum atomic E-state index is -0.151. The summed E-state index contributed by atoms with van der Waals surface area (Å²) in [5.41, 5.74) is 1.32.